The Morgan fingerprint density at radius 1 is 1.10 bits per heavy atom. The van der Waals surface area contributed by atoms with Crippen LogP contribution >= 0.6 is 11.6 Å². The minimum Gasteiger partial charge on any atom is -0.450 e. The van der Waals surface area contributed by atoms with Crippen molar-refractivity contribution in [3.63, 3.8) is 0 Å². The van der Waals surface area contributed by atoms with E-state index in [1.54, 1.807) is 23.1 Å². The molecule has 0 aliphatic carbocycles. The van der Waals surface area contributed by atoms with E-state index in [2.05, 4.69) is 24.0 Å². The molecule has 0 spiro atoms. The van der Waals surface area contributed by atoms with Crippen LogP contribution in [0.4, 0.5) is 0 Å². The van der Waals surface area contributed by atoms with Gasteiger partial charge in [0, 0.05) is 11.6 Å². The summed E-state index contributed by atoms with van der Waals surface area (Å²) in [6.45, 7) is 3.49. The first-order chi connectivity index (χ1) is 14.4. The van der Waals surface area contributed by atoms with Crippen LogP contribution in [0.5, 0.6) is 0 Å². The molecule has 30 heavy (non-hydrogen) atoms. The fourth-order valence-corrected chi connectivity index (χ4v) is 4.23. The van der Waals surface area contributed by atoms with Gasteiger partial charge in [0.05, 0.1) is 17.0 Å². The molecule has 3 aromatic rings. The van der Waals surface area contributed by atoms with Crippen LogP contribution < -0.4 is 5.43 Å². The summed E-state index contributed by atoms with van der Waals surface area (Å²) in [5.74, 6) is -0.0912. The number of carbonyl (C=O) groups is 1. The molecule has 1 aliphatic rings. The molecule has 1 amide bonds. The standard InChI is InChI=1S/C24H25ClN2O3/c1-4-15-6-8-16(9-7-15)21-20-22(28)18-14-17(25)10-11-19(18)30-23(20)24(29)27(21)13-5-12-26(2)3/h6-11,14,21H,4-5,12-13H2,1-3H3/t21-/m1/s1. The molecule has 0 saturated carbocycles. The van der Waals surface area contributed by atoms with Gasteiger partial charge in [0.25, 0.3) is 5.91 Å². The summed E-state index contributed by atoms with van der Waals surface area (Å²) in [5, 5.41) is 0.866. The number of fused-ring (bicyclic) bond motifs is 2. The lowest BCUT2D eigenvalue weighted by atomic mass is 9.97. The third-order valence-electron chi connectivity index (χ3n) is 5.64. The van der Waals surface area contributed by atoms with Crippen molar-refractivity contribution in [1.82, 2.24) is 9.80 Å². The number of hydrogen-bond acceptors (Lipinski definition) is 4. The van der Waals surface area contributed by atoms with Crippen LogP contribution in [0.2, 0.25) is 5.02 Å². The maximum absolute atomic E-state index is 13.4. The van der Waals surface area contributed by atoms with Crippen LogP contribution in [-0.4, -0.2) is 42.9 Å². The molecule has 4 rings (SSSR count). The van der Waals surface area contributed by atoms with E-state index in [9.17, 15) is 9.59 Å². The van der Waals surface area contributed by atoms with Gasteiger partial charge in [-0.2, -0.15) is 0 Å². The number of carbonyl (C=O) groups excluding carboxylic acids is 1. The zero-order valence-electron chi connectivity index (χ0n) is 17.4. The Hall–Kier alpha value is -2.63. The van der Waals surface area contributed by atoms with Gasteiger partial charge >= 0.3 is 0 Å². The molecule has 5 nitrogen and oxygen atoms in total. The van der Waals surface area contributed by atoms with Crippen molar-refractivity contribution in [3.8, 4) is 0 Å². The van der Waals surface area contributed by atoms with Gasteiger partial charge in [0.1, 0.15) is 5.58 Å². The van der Waals surface area contributed by atoms with Crippen molar-refractivity contribution in [2.75, 3.05) is 27.2 Å². The highest BCUT2D eigenvalue weighted by molar-refractivity contribution is 6.31. The third-order valence-corrected chi connectivity index (χ3v) is 5.87. The number of hydrogen-bond donors (Lipinski definition) is 0. The summed E-state index contributed by atoms with van der Waals surface area (Å²) < 4.78 is 5.95. The normalized spacial score (nSPS) is 16.0. The highest BCUT2D eigenvalue weighted by Gasteiger charge is 2.42. The summed E-state index contributed by atoms with van der Waals surface area (Å²) in [5.41, 5.74) is 2.72. The van der Waals surface area contributed by atoms with Gasteiger partial charge in [-0.3, -0.25) is 9.59 Å². The first kappa shape index (κ1) is 20.6. The van der Waals surface area contributed by atoms with Gasteiger partial charge in [0.2, 0.25) is 5.76 Å². The number of rotatable bonds is 6. The average molecular weight is 425 g/mol. The molecule has 0 radical (unpaired) electrons. The van der Waals surface area contributed by atoms with Crippen molar-refractivity contribution in [1.29, 1.82) is 0 Å². The van der Waals surface area contributed by atoms with Gasteiger partial charge < -0.3 is 14.2 Å². The van der Waals surface area contributed by atoms with Crippen LogP contribution in [0.25, 0.3) is 11.0 Å². The molecule has 2 aromatic carbocycles. The Bertz CT molecular complexity index is 1150. The number of halogens is 1. The van der Waals surface area contributed by atoms with E-state index in [-0.39, 0.29) is 17.1 Å². The second-order valence-corrected chi connectivity index (χ2v) is 8.40. The van der Waals surface area contributed by atoms with Gasteiger partial charge in [-0.25, -0.2) is 0 Å². The highest BCUT2D eigenvalue weighted by atomic mass is 35.5. The monoisotopic (exact) mass is 424 g/mol. The Kier molecular flexibility index (Phi) is 5.67. The Morgan fingerprint density at radius 3 is 2.50 bits per heavy atom. The first-order valence-electron chi connectivity index (χ1n) is 10.2. The van der Waals surface area contributed by atoms with E-state index in [4.69, 9.17) is 16.0 Å². The molecular formula is C24H25ClN2O3. The minimum absolute atomic E-state index is 0.143. The summed E-state index contributed by atoms with van der Waals surface area (Å²) in [4.78, 5) is 30.6. The largest absolute Gasteiger partial charge is 0.450 e. The predicted molar refractivity (Wildman–Crippen MR) is 119 cm³/mol. The molecular weight excluding hydrogens is 400 g/mol. The molecule has 1 atom stereocenters. The maximum atomic E-state index is 13.4. The van der Waals surface area contributed by atoms with Crippen LogP contribution in [0.3, 0.4) is 0 Å². The van der Waals surface area contributed by atoms with E-state index < -0.39 is 6.04 Å². The molecule has 0 N–H and O–H groups in total. The fraction of sp³-hybridized carbons (Fsp3) is 0.333. The van der Waals surface area contributed by atoms with Crippen LogP contribution in [0, 0.1) is 0 Å². The van der Waals surface area contributed by atoms with E-state index in [0.717, 1.165) is 24.9 Å². The first-order valence-corrected chi connectivity index (χ1v) is 10.6. The van der Waals surface area contributed by atoms with Gasteiger partial charge in [-0.15, -0.1) is 0 Å². The van der Waals surface area contributed by atoms with Gasteiger partial charge in [-0.05, 0) is 62.8 Å². The minimum atomic E-state index is -0.458. The molecule has 1 aliphatic heterocycles. The molecule has 6 heteroatoms. The zero-order chi connectivity index (χ0) is 21.4. The number of amides is 1. The second kappa shape index (κ2) is 8.25. The second-order valence-electron chi connectivity index (χ2n) is 7.97. The SMILES string of the molecule is CCc1ccc([C@@H]2c3c(oc4ccc(Cl)cc4c3=O)C(=O)N2CCCN(C)C)cc1. The van der Waals surface area contributed by atoms with Crippen molar-refractivity contribution in [2.24, 2.45) is 0 Å². The van der Waals surface area contributed by atoms with Crippen molar-refractivity contribution in [2.45, 2.75) is 25.8 Å². The number of benzene rings is 2. The molecule has 156 valence electrons. The maximum Gasteiger partial charge on any atom is 0.290 e. The lowest BCUT2D eigenvalue weighted by Crippen LogP contribution is -2.32. The predicted octanol–water partition coefficient (Wildman–Crippen LogP) is 4.51. The highest BCUT2D eigenvalue weighted by Crippen LogP contribution is 2.38. The Labute approximate surface area is 180 Å². The van der Waals surface area contributed by atoms with Crippen molar-refractivity contribution < 1.29 is 9.21 Å². The molecule has 0 unspecified atom stereocenters. The number of aryl methyl sites for hydroxylation is 1. The summed E-state index contributed by atoms with van der Waals surface area (Å²) in [6.07, 6.45) is 1.73. The van der Waals surface area contributed by atoms with Gasteiger partial charge in [0.15, 0.2) is 5.43 Å². The van der Waals surface area contributed by atoms with E-state index in [1.807, 2.05) is 26.2 Å². The number of nitrogens with zero attached hydrogens (tertiary/aromatic N) is 2. The Balaban J connectivity index is 1.86. The van der Waals surface area contributed by atoms with E-state index in [0.29, 0.717) is 28.1 Å². The Morgan fingerprint density at radius 2 is 1.83 bits per heavy atom. The summed E-state index contributed by atoms with van der Waals surface area (Å²) in [6, 6.07) is 12.6. The van der Waals surface area contributed by atoms with Crippen LogP contribution in [0.15, 0.2) is 51.7 Å². The topological polar surface area (TPSA) is 53.8 Å². The molecule has 0 fully saturated rings. The summed E-state index contributed by atoms with van der Waals surface area (Å²) >= 11 is 6.12. The average Bonchev–Trinajstić information content (AvgIpc) is 3.01. The van der Waals surface area contributed by atoms with Gasteiger partial charge in [-0.1, -0.05) is 42.8 Å². The lowest BCUT2D eigenvalue weighted by molar-refractivity contribution is 0.0722. The van der Waals surface area contributed by atoms with Crippen molar-refractivity contribution >= 4 is 28.5 Å². The third kappa shape index (κ3) is 3.64. The van der Waals surface area contributed by atoms with Crippen LogP contribution in [0.1, 0.15) is 46.6 Å². The molecule has 2 heterocycles. The van der Waals surface area contributed by atoms with Crippen LogP contribution in [-0.2, 0) is 6.42 Å². The molecule has 1 aromatic heterocycles. The molecule has 0 bridgehead atoms. The molecule has 0 saturated heterocycles. The zero-order valence-corrected chi connectivity index (χ0v) is 18.2. The van der Waals surface area contributed by atoms with E-state index >= 15 is 0 Å². The summed E-state index contributed by atoms with van der Waals surface area (Å²) in [7, 11) is 4.01. The smallest absolute Gasteiger partial charge is 0.290 e. The fourth-order valence-electron chi connectivity index (χ4n) is 4.06. The lowest BCUT2D eigenvalue weighted by Gasteiger charge is -2.26. The quantitative estimate of drug-likeness (QED) is 0.584. The van der Waals surface area contributed by atoms with E-state index in [1.165, 1.54) is 5.56 Å². The van der Waals surface area contributed by atoms with Crippen molar-refractivity contribution in [3.05, 3.63) is 80.2 Å².